The molecule has 3 aromatic rings. The summed E-state index contributed by atoms with van der Waals surface area (Å²) in [5.74, 6) is 2.44. The molecule has 0 atom stereocenters. The molecule has 1 aliphatic rings. The van der Waals surface area contributed by atoms with Gasteiger partial charge in [-0.1, -0.05) is 0 Å². The fourth-order valence-electron chi connectivity index (χ4n) is 3.27. The lowest BCUT2D eigenvalue weighted by Gasteiger charge is -2.36. The SMILES string of the molecule is COc1ccc(N2CCN(c3cncc(-c4ccsc4)n3)CC2)cc1OC. The lowest BCUT2D eigenvalue weighted by atomic mass is 10.2. The van der Waals surface area contributed by atoms with Crippen molar-refractivity contribution in [2.45, 2.75) is 0 Å². The van der Waals surface area contributed by atoms with Gasteiger partial charge >= 0.3 is 0 Å². The van der Waals surface area contributed by atoms with E-state index in [2.05, 4.69) is 37.7 Å². The molecule has 6 nitrogen and oxygen atoms in total. The minimum atomic E-state index is 0.750. The first kappa shape index (κ1) is 17.6. The molecule has 1 aliphatic heterocycles. The standard InChI is InChI=1S/C20H22N4O2S/c1-25-18-4-3-16(11-19(18)26-2)23-6-8-24(9-7-23)20-13-21-12-17(22-20)15-5-10-27-14-15/h3-5,10-14H,6-9H2,1-2H3. The third kappa shape index (κ3) is 3.68. The topological polar surface area (TPSA) is 50.7 Å². The van der Waals surface area contributed by atoms with E-state index in [1.165, 1.54) is 0 Å². The number of ether oxygens (including phenoxy) is 2. The van der Waals surface area contributed by atoms with Crippen LogP contribution < -0.4 is 19.3 Å². The van der Waals surface area contributed by atoms with Gasteiger partial charge in [-0.05, 0) is 23.6 Å². The summed E-state index contributed by atoms with van der Waals surface area (Å²) in [6.07, 6.45) is 3.67. The Balaban J connectivity index is 1.46. The minimum Gasteiger partial charge on any atom is -0.493 e. The predicted molar refractivity (Wildman–Crippen MR) is 109 cm³/mol. The largest absolute Gasteiger partial charge is 0.493 e. The van der Waals surface area contributed by atoms with Crippen molar-refractivity contribution in [1.29, 1.82) is 0 Å². The van der Waals surface area contributed by atoms with E-state index in [1.54, 1.807) is 25.6 Å². The molecule has 0 unspecified atom stereocenters. The van der Waals surface area contributed by atoms with E-state index in [1.807, 2.05) is 24.5 Å². The highest BCUT2D eigenvalue weighted by molar-refractivity contribution is 7.08. The van der Waals surface area contributed by atoms with Crippen molar-refractivity contribution in [2.75, 3.05) is 50.2 Å². The number of benzene rings is 1. The number of hydrogen-bond acceptors (Lipinski definition) is 7. The molecule has 0 aliphatic carbocycles. The molecule has 2 aromatic heterocycles. The van der Waals surface area contributed by atoms with Gasteiger partial charge in [0.25, 0.3) is 0 Å². The summed E-state index contributed by atoms with van der Waals surface area (Å²) in [6.45, 7) is 3.63. The van der Waals surface area contributed by atoms with Crippen LogP contribution in [-0.4, -0.2) is 50.4 Å². The van der Waals surface area contributed by atoms with Gasteiger partial charge in [-0.2, -0.15) is 11.3 Å². The molecule has 7 heteroatoms. The Kier molecular flexibility index (Phi) is 5.11. The zero-order valence-electron chi connectivity index (χ0n) is 15.5. The molecular weight excluding hydrogens is 360 g/mol. The van der Waals surface area contributed by atoms with Crippen LogP contribution in [0, 0.1) is 0 Å². The first-order valence-electron chi connectivity index (χ1n) is 8.85. The fraction of sp³-hybridized carbons (Fsp3) is 0.300. The highest BCUT2D eigenvalue weighted by atomic mass is 32.1. The van der Waals surface area contributed by atoms with E-state index in [-0.39, 0.29) is 0 Å². The molecule has 0 amide bonds. The summed E-state index contributed by atoms with van der Waals surface area (Å²) >= 11 is 1.67. The summed E-state index contributed by atoms with van der Waals surface area (Å²) in [5, 5.41) is 4.16. The van der Waals surface area contributed by atoms with Crippen LogP contribution in [0.3, 0.4) is 0 Å². The molecule has 4 rings (SSSR count). The van der Waals surface area contributed by atoms with E-state index in [0.29, 0.717) is 0 Å². The van der Waals surface area contributed by atoms with Crippen molar-refractivity contribution < 1.29 is 9.47 Å². The van der Waals surface area contributed by atoms with Gasteiger partial charge in [-0.3, -0.25) is 4.98 Å². The van der Waals surface area contributed by atoms with E-state index < -0.39 is 0 Å². The first-order chi connectivity index (χ1) is 13.3. The lowest BCUT2D eigenvalue weighted by Crippen LogP contribution is -2.46. The summed E-state index contributed by atoms with van der Waals surface area (Å²) in [5.41, 5.74) is 3.19. The van der Waals surface area contributed by atoms with E-state index in [9.17, 15) is 0 Å². The minimum absolute atomic E-state index is 0.750. The number of nitrogens with zero attached hydrogens (tertiary/aromatic N) is 4. The zero-order valence-corrected chi connectivity index (χ0v) is 16.3. The highest BCUT2D eigenvalue weighted by Gasteiger charge is 2.20. The summed E-state index contributed by atoms with van der Waals surface area (Å²) in [6, 6.07) is 8.14. The van der Waals surface area contributed by atoms with Crippen LogP contribution in [0.1, 0.15) is 0 Å². The monoisotopic (exact) mass is 382 g/mol. The Morgan fingerprint density at radius 1 is 0.926 bits per heavy atom. The smallest absolute Gasteiger partial charge is 0.162 e. The third-order valence-corrected chi connectivity index (χ3v) is 5.46. The molecule has 0 spiro atoms. The van der Waals surface area contributed by atoms with Gasteiger partial charge in [0.2, 0.25) is 0 Å². The molecule has 1 aromatic carbocycles. The van der Waals surface area contributed by atoms with Gasteiger partial charge in [0.05, 0.1) is 32.3 Å². The van der Waals surface area contributed by atoms with E-state index >= 15 is 0 Å². The van der Waals surface area contributed by atoms with E-state index in [0.717, 1.165) is 60.4 Å². The van der Waals surface area contributed by atoms with Gasteiger partial charge in [-0.25, -0.2) is 4.98 Å². The Morgan fingerprint density at radius 2 is 1.70 bits per heavy atom. The van der Waals surface area contributed by atoms with Crippen molar-refractivity contribution >= 4 is 22.8 Å². The molecule has 1 saturated heterocycles. The number of aromatic nitrogens is 2. The third-order valence-electron chi connectivity index (χ3n) is 4.77. The van der Waals surface area contributed by atoms with Crippen LogP contribution >= 0.6 is 11.3 Å². The molecule has 3 heterocycles. The van der Waals surface area contributed by atoms with Crippen molar-refractivity contribution in [3.63, 3.8) is 0 Å². The van der Waals surface area contributed by atoms with Gasteiger partial charge in [0.15, 0.2) is 11.5 Å². The summed E-state index contributed by atoms with van der Waals surface area (Å²) in [4.78, 5) is 13.8. The Bertz CT molecular complexity index is 893. The number of hydrogen-bond donors (Lipinski definition) is 0. The molecule has 27 heavy (non-hydrogen) atoms. The number of piperazine rings is 1. The van der Waals surface area contributed by atoms with E-state index in [4.69, 9.17) is 14.5 Å². The number of anilines is 2. The van der Waals surface area contributed by atoms with Crippen molar-refractivity contribution in [2.24, 2.45) is 0 Å². The maximum atomic E-state index is 5.43. The maximum absolute atomic E-state index is 5.43. The molecule has 0 radical (unpaired) electrons. The van der Waals surface area contributed by atoms with Crippen LogP contribution in [0.15, 0.2) is 47.4 Å². The Hall–Kier alpha value is -2.80. The molecule has 0 saturated carbocycles. The quantitative estimate of drug-likeness (QED) is 0.673. The zero-order chi connectivity index (χ0) is 18.6. The normalized spacial score (nSPS) is 14.3. The van der Waals surface area contributed by atoms with Gasteiger partial charge in [-0.15, -0.1) is 0 Å². The van der Waals surface area contributed by atoms with Crippen molar-refractivity contribution in [1.82, 2.24) is 9.97 Å². The number of rotatable bonds is 5. The van der Waals surface area contributed by atoms with Crippen molar-refractivity contribution in [3.8, 4) is 22.8 Å². The fourth-order valence-corrected chi connectivity index (χ4v) is 3.92. The van der Waals surface area contributed by atoms with Gasteiger partial charge in [0.1, 0.15) is 5.82 Å². The maximum Gasteiger partial charge on any atom is 0.162 e. The second-order valence-electron chi connectivity index (χ2n) is 6.29. The van der Waals surface area contributed by atoms with Gasteiger partial charge < -0.3 is 19.3 Å². The second-order valence-corrected chi connectivity index (χ2v) is 7.07. The van der Waals surface area contributed by atoms with Crippen molar-refractivity contribution in [3.05, 3.63) is 47.4 Å². The average Bonchev–Trinajstić information content (AvgIpc) is 3.28. The highest BCUT2D eigenvalue weighted by Crippen LogP contribution is 2.32. The van der Waals surface area contributed by atoms with Crippen LogP contribution in [0.25, 0.3) is 11.3 Å². The molecule has 140 valence electrons. The van der Waals surface area contributed by atoms with Gasteiger partial charge in [0, 0.05) is 48.9 Å². The van der Waals surface area contributed by atoms with Crippen LogP contribution in [0.2, 0.25) is 0 Å². The molecule has 0 bridgehead atoms. The van der Waals surface area contributed by atoms with Crippen LogP contribution in [-0.2, 0) is 0 Å². The molecule has 1 fully saturated rings. The van der Waals surface area contributed by atoms with Crippen LogP contribution in [0.4, 0.5) is 11.5 Å². The average molecular weight is 382 g/mol. The molecule has 0 N–H and O–H groups in total. The summed E-state index contributed by atoms with van der Waals surface area (Å²) < 4.78 is 10.8. The lowest BCUT2D eigenvalue weighted by molar-refractivity contribution is 0.355. The van der Waals surface area contributed by atoms with Crippen LogP contribution in [0.5, 0.6) is 11.5 Å². The second kappa shape index (κ2) is 7.84. The summed E-state index contributed by atoms with van der Waals surface area (Å²) in [7, 11) is 3.32. The molecular formula is C20H22N4O2S. The predicted octanol–water partition coefficient (Wildman–Crippen LogP) is 3.55. The number of methoxy groups -OCH3 is 2. The number of thiophene rings is 1. The Morgan fingerprint density at radius 3 is 2.41 bits per heavy atom. The Labute approximate surface area is 163 Å². The first-order valence-corrected chi connectivity index (χ1v) is 9.79.